The molecule has 0 bridgehead atoms. The van der Waals surface area contributed by atoms with Gasteiger partial charge in [0, 0.05) is 17.4 Å². The molecule has 3 aromatic heterocycles. The van der Waals surface area contributed by atoms with Crippen molar-refractivity contribution in [2.45, 2.75) is 12.9 Å². The summed E-state index contributed by atoms with van der Waals surface area (Å²) in [6.07, 6.45) is 1.65. The molecule has 0 amide bonds. The molecule has 1 N–H and O–H groups in total. The summed E-state index contributed by atoms with van der Waals surface area (Å²) in [7, 11) is 1.79. The van der Waals surface area contributed by atoms with Crippen LogP contribution in [0.15, 0.2) is 54.0 Å². The smallest absolute Gasteiger partial charge is 0.406 e. The molecule has 0 aliphatic carbocycles. The van der Waals surface area contributed by atoms with Crippen molar-refractivity contribution in [1.29, 1.82) is 0 Å². The van der Waals surface area contributed by atoms with E-state index in [1.165, 1.54) is 27.6 Å². The van der Waals surface area contributed by atoms with E-state index in [9.17, 15) is 22.4 Å². The highest BCUT2D eigenvalue weighted by Gasteiger charge is 2.31. The number of fused-ring (bicyclic) bond motifs is 1. The first-order valence-corrected chi connectivity index (χ1v) is 8.84. The number of aromatic nitrogens is 5. The Bertz CT molecular complexity index is 1250. The van der Waals surface area contributed by atoms with Crippen molar-refractivity contribution in [3.05, 3.63) is 59.5 Å². The van der Waals surface area contributed by atoms with Crippen LogP contribution in [0.3, 0.4) is 0 Å². The van der Waals surface area contributed by atoms with Crippen LogP contribution in [0.1, 0.15) is 0 Å². The SMILES string of the molecule is C[n+]1cc(-c2cn(-c3ccc(OC(F)(F)F)cc3)c(=O)c3c2ncn3CCF)c[nH]1. The minimum atomic E-state index is -4.81. The highest BCUT2D eigenvalue weighted by molar-refractivity contribution is 5.91. The van der Waals surface area contributed by atoms with Gasteiger partial charge in [0.2, 0.25) is 6.20 Å². The van der Waals surface area contributed by atoms with Crippen LogP contribution in [0, 0.1) is 0 Å². The van der Waals surface area contributed by atoms with E-state index in [1.54, 1.807) is 30.3 Å². The van der Waals surface area contributed by atoms with Crippen LogP contribution in [-0.2, 0) is 13.6 Å². The Kier molecular flexibility index (Phi) is 4.80. The van der Waals surface area contributed by atoms with Gasteiger partial charge in [0.1, 0.15) is 23.5 Å². The van der Waals surface area contributed by atoms with Gasteiger partial charge >= 0.3 is 6.36 Å². The quantitative estimate of drug-likeness (QED) is 0.397. The highest BCUT2D eigenvalue weighted by atomic mass is 19.4. The third-order valence-electron chi connectivity index (χ3n) is 4.51. The monoisotopic (exact) mass is 422 g/mol. The summed E-state index contributed by atoms with van der Waals surface area (Å²) < 4.78 is 58.5. The summed E-state index contributed by atoms with van der Waals surface area (Å²) in [4.78, 5) is 17.4. The van der Waals surface area contributed by atoms with E-state index < -0.39 is 24.3 Å². The molecule has 0 aliphatic heterocycles. The number of halogens is 4. The van der Waals surface area contributed by atoms with Gasteiger partial charge in [0.15, 0.2) is 7.05 Å². The van der Waals surface area contributed by atoms with Gasteiger partial charge in [-0.2, -0.15) is 5.10 Å². The average Bonchev–Trinajstić information content (AvgIpc) is 3.29. The number of alkyl halides is 4. The number of aromatic amines is 1. The molecule has 0 atom stereocenters. The van der Waals surface area contributed by atoms with Crippen LogP contribution in [0.4, 0.5) is 17.6 Å². The lowest BCUT2D eigenvalue weighted by Gasteiger charge is -2.12. The number of pyridine rings is 1. The number of hydrogen-bond acceptors (Lipinski definition) is 3. The molecule has 0 saturated carbocycles. The minimum Gasteiger partial charge on any atom is -0.406 e. The van der Waals surface area contributed by atoms with Crippen LogP contribution in [0.5, 0.6) is 5.75 Å². The number of aryl methyl sites for hydroxylation is 2. The Morgan fingerprint density at radius 3 is 2.57 bits per heavy atom. The summed E-state index contributed by atoms with van der Waals surface area (Å²) in [5, 5.41) is 2.98. The Labute approximate surface area is 166 Å². The van der Waals surface area contributed by atoms with E-state index in [0.29, 0.717) is 16.8 Å². The topological polar surface area (TPSA) is 68.7 Å². The maximum absolute atomic E-state index is 13.1. The maximum atomic E-state index is 13.1. The first kappa shape index (κ1) is 19.7. The molecule has 3 heterocycles. The fourth-order valence-corrected chi connectivity index (χ4v) is 3.24. The molecule has 0 aliphatic rings. The zero-order valence-corrected chi connectivity index (χ0v) is 15.7. The van der Waals surface area contributed by atoms with Crippen molar-refractivity contribution < 1.29 is 27.0 Å². The Balaban J connectivity index is 1.90. The number of nitrogens with one attached hydrogen (secondary N) is 1. The summed E-state index contributed by atoms with van der Waals surface area (Å²) in [5.41, 5.74) is 1.80. The highest BCUT2D eigenvalue weighted by Crippen LogP contribution is 2.27. The Morgan fingerprint density at radius 2 is 1.97 bits per heavy atom. The third-order valence-corrected chi connectivity index (χ3v) is 4.51. The maximum Gasteiger partial charge on any atom is 0.573 e. The van der Waals surface area contributed by atoms with Gasteiger partial charge in [-0.1, -0.05) is 0 Å². The number of benzene rings is 1. The Hall–Kier alpha value is -3.63. The van der Waals surface area contributed by atoms with E-state index in [1.807, 2.05) is 0 Å². The molecule has 0 spiro atoms. The number of hydrogen-bond donors (Lipinski definition) is 1. The molecular formula is C19H16F4N5O2+. The average molecular weight is 422 g/mol. The van der Waals surface area contributed by atoms with Gasteiger partial charge in [-0.05, 0) is 24.3 Å². The number of ether oxygens (including phenoxy) is 1. The van der Waals surface area contributed by atoms with Crippen LogP contribution >= 0.6 is 0 Å². The van der Waals surface area contributed by atoms with Gasteiger partial charge in [0.25, 0.3) is 5.56 Å². The van der Waals surface area contributed by atoms with E-state index >= 15 is 0 Å². The molecule has 0 saturated heterocycles. The number of H-pyrrole nitrogens is 1. The van der Waals surface area contributed by atoms with Crippen molar-refractivity contribution in [3.63, 3.8) is 0 Å². The summed E-state index contributed by atoms with van der Waals surface area (Å²) in [5.74, 6) is -0.402. The minimum absolute atomic E-state index is 0.0472. The lowest BCUT2D eigenvalue weighted by atomic mass is 10.1. The van der Waals surface area contributed by atoms with Crippen LogP contribution < -0.4 is 15.0 Å². The molecule has 0 fully saturated rings. The summed E-state index contributed by atoms with van der Waals surface area (Å²) in [6.45, 7) is -0.730. The molecule has 30 heavy (non-hydrogen) atoms. The molecule has 1 aromatic carbocycles. The first-order chi connectivity index (χ1) is 14.3. The van der Waals surface area contributed by atoms with E-state index in [-0.39, 0.29) is 12.1 Å². The number of nitrogens with zero attached hydrogens (tertiary/aromatic N) is 4. The molecule has 7 nitrogen and oxygen atoms in total. The summed E-state index contributed by atoms with van der Waals surface area (Å²) >= 11 is 0. The molecule has 156 valence electrons. The van der Waals surface area contributed by atoms with Gasteiger partial charge in [0.05, 0.1) is 24.6 Å². The van der Waals surface area contributed by atoms with E-state index in [4.69, 9.17) is 0 Å². The molecule has 0 unspecified atom stereocenters. The molecule has 4 aromatic rings. The molecular weight excluding hydrogens is 406 g/mol. The molecule has 11 heteroatoms. The summed E-state index contributed by atoms with van der Waals surface area (Å²) in [6, 6.07) is 4.92. The van der Waals surface area contributed by atoms with Gasteiger partial charge < -0.3 is 9.30 Å². The number of imidazole rings is 1. The lowest BCUT2D eigenvalue weighted by molar-refractivity contribution is -0.726. The van der Waals surface area contributed by atoms with Gasteiger partial charge in [-0.3, -0.25) is 9.36 Å². The van der Waals surface area contributed by atoms with E-state index in [0.717, 1.165) is 17.7 Å². The van der Waals surface area contributed by atoms with Crippen molar-refractivity contribution in [2.24, 2.45) is 7.05 Å². The van der Waals surface area contributed by atoms with Crippen molar-refractivity contribution in [1.82, 2.24) is 19.2 Å². The second-order valence-corrected chi connectivity index (χ2v) is 6.55. The standard InChI is InChI=1S/C19H15F4N5O2/c1-26-9-12(8-25-26)15-10-28(13-2-4-14(5-3-13)30-19(21,22)23)18(29)17-16(15)24-11-27(17)7-6-20/h2-5,8-11H,6-7H2,1H3/p+1. The predicted molar refractivity (Wildman–Crippen MR) is 99.0 cm³/mol. The largest absolute Gasteiger partial charge is 0.573 e. The third kappa shape index (κ3) is 3.65. The second-order valence-electron chi connectivity index (χ2n) is 6.55. The first-order valence-electron chi connectivity index (χ1n) is 8.84. The molecule has 4 rings (SSSR count). The Morgan fingerprint density at radius 1 is 1.23 bits per heavy atom. The lowest BCUT2D eigenvalue weighted by Crippen LogP contribution is -2.27. The second kappa shape index (κ2) is 7.32. The fraction of sp³-hybridized carbons (Fsp3) is 0.211. The predicted octanol–water partition coefficient (Wildman–Crippen LogP) is 2.87. The fourth-order valence-electron chi connectivity index (χ4n) is 3.24. The van der Waals surface area contributed by atoms with Crippen molar-refractivity contribution in [2.75, 3.05) is 6.67 Å². The van der Waals surface area contributed by atoms with Crippen LogP contribution in [0.2, 0.25) is 0 Å². The van der Waals surface area contributed by atoms with Gasteiger partial charge in [-0.25, -0.2) is 9.37 Å². The van der Waals surface area contributed by atoms with Crippen molar-refractivity contribution >= 4 is 11.0 Å². The zero-order chi connectivity index (χ0) is 21.5. The van der Waals surface area contributed by atoms with Crippen LogP contribution in [-0.4, -0.2) is 32.3 Å². The van der Waals surface area contributed by atoms with Gasteiger partial charge in [-0.15, -0.1) is 17.9 Å². The molecule has 0 radical (unpaired) electrons. The zero-order valence-electron chi connectivity index (χ0n) is 15.7. The van der Waals surface area contributed by atoms with Crippen molar-refractivity contribution in [3.8, 4) is 22.6 Å². The van der Waals surface area contributed by atoms with Crippen LogP contribution in [0.25, 0.3) is 27.8 Å². The normalized spacial score (nSPS) is 11.9. The number of rotatable bonds is 5. The van der Waals surface area contributed by atoms with E-state index in [2.05, 4.69) is 14.8 Å².